The van der Waals surface area contributed by atoms with Crippen molar-refractivity contribution in [1.29, 1.82) is 0 Å². The van der Waals surface area contributed by atoms with Gasteiger partial charge in [-0.15, -0.1) is 0 Å². The van der Waals surface area contributed by atoms with Gasteiger partial charge in [0.25, 0.3) is 0 Å². The number of guanidine groups is 1. The van der Waals surface area contributed by atoms with Crippen LogP contribution in [0.4, 0.5) is 0 Å². The average molecular weight is 332 g/mol. The van der Waals surface area contributed by atoms with Crippen molar-refractivity contribution >= 4 is 5.96 Å². The molecule has 0 bridgehead atoms. The highest BCUT2D eigenvalue weighted by molar-refractivity contribution is 5.79. The van der Waals surface area contributed by atoms with Crippen LogP contribution in [0, 0.1) is 5.92 Å². The second-order valence-electron chi connectivity index (χ2n) is 6.73. The summed E-state index contributed by atoms with van der Waals surface area (Å²) in [5.41, 5.74) is 1.17. The van der Waals surface area contributed by atoms with Gasteiger partial charge < -0.3 is 19.9 Å². The quantitative estimate of drug-likeness (QED) is 0.586. The number of nitrogens with zero attached hydrogens (tertiary/aromatic N) is 3. The van der Waals surface area contributed by atoms with Crippen LogP contribution in [0.3, 0.4) is 0 Å². The first-order valence-electron chi connectivity index (χ1n) is 8.84. The van der Waals surface area contributed by atoms with Gasteiger partial charge in [-0.25, -0.2) is 0 Å². The number of benzene rings is 1. The van der Waals surface area contributed by atoms with Crippen LogP contribution in [0.1, 0.15) is 25.3 Å². The second-order valence-corrected chi connectivity index (χ2v) is 6.73. The molecule has 1 aromatic rings. The van der Waals surface area contributed by atoms with Gasteiger partial charge in [-0.1, -0.05) is 18.2 Å². The molecule has 2 rings (SSSR count). The number of para-hydroxylation sites is 1. The monoisotopic (exact) mass is 332 g/mol. The van der Waals surface area contributed by atoms with E-state index in [1.807, 2.05) is 18.2 Å². The summed E-state index contributed by atoms with van der Waals surface area (Å²) in [5, 5.41) is 3.41. The van der Waals surface area contributed by atoms with Crippen LogP contribution in [0.15, 0.2) is 29.3 Å². The summed E-state index contributed by atoms with van der Waals surface area (Å²) >= 11 is 0. The van der Waals surface area contributed by atoms with Gasteiger partial charge in [0.1, 0.15) is 5.75 Å². The molecule has 1 unspecified atom stereocenters. The third-order valence-corrected chi connectivity index (χ3v) is 4.55. The molecule has 1 saturated carbocycles. The molecule has 0 heterocycles. The minimum atomic E-state index is 0.540. The van der Waals surface area contributed by atoms with E-state index < -0.39 is 0 Å². The van der Waals surface area contributed by atoms with Gasteiger partial charge in [-0.2, -0.15) is 0 Å². The summed E-state index contributed by atoms with van der Waals surface area (Å²) in [6.07, 6.45) is 2.68. The first-order valence-corrected chi connectivity index (χ1v) is 8.84. The number of methoxy groups -OCH3 is 1. The lowest BCUT2D eigenvalue weighted by Crippen LogP contribution is -2.40. The summed E-state index contributed by atoms with van der Waals surface area (Å²) in [5.74, 6) is 2.69. The Morgan fingerprint density at radius 3 is 2.58 bits per heavy atom. The van der Waals surface area contributed by atoms with Crippen LogP contribution in [0.25, 0.3) is 0 Å². The maximum atomic E-state index is 5.46. The number of aliphatic imine (C=N–C) groups is 1. The Morgan fingerprint density at radius 1 is 1.29 bits per heavy atom. The van der Waals surface area contributed by atoms with Crippen LogP contribution in [0.2, 0.25) is 0 Å². The van der Waals surface area contributed by atoms with Crippen molar-refractivity contribution < 1.29 is 4.74 Å². The van der Waals surface area contributed by atoms with Crippen LogP contribution >= 0.6 is 0 Å². The van der Waals surface area contributed by atoms with Gasteiger partial charge in [0.15, 0.2) is 5.96 Å². The van der Waals surface area contributed by atoms with Gasteiger partial charge >= 0.3 is 0 Å². The fourth-order valence-corrected chi connectivity index (χ4v) is 3.03. The van der Waals surface area contributed by atoms with Gasteiger partial charge in [-0.05, 0) is 45.8 Å². The largest absolute Gasteiger partial charge is 0.496 e. The standard InChI is InChI=1S/C19H32N4O/c1-6-20-19(21-13-17(22(2)3)15-11-12-15)23(4)14-16-9-7-8-10-18(16)24-5/h7-10,15,17H,6,11-14H2,1-5H3,(H,20,21). The van der Waals surface area contributed by atoms with Crippen molar-refractivity contribution in [2.24, 2.45) is 10.9 Å². The topological polar surface area (TPSA) is 40.1 Å². The van der Waals surface area contributed by atoms with Crippen LogP contribution in [-0.4, -0.2) is 63.1 Å². The molecule has 1 N–H and O–H groups in total. The van der Waals surface area contributed by atoms with Crippen molar-refractivity contribution in [2.75, 3.05) is 41.3 Å². The molecule has 0 aliphatic heterocycles. The Morgan fingerprint density at radius 2 is 2.00 bits per heavy atom. The van der Waals surface area contributed by atoms with E-state index in [4.69, 9.17) is 9.73 Å². The normalized spacial score (nSPS) is 16.2. The predicted octanol–water partition coefficient (Wildman–Crippen LogP) is 2.43. The molecule has 1 atom stereocenters. The fourth-order valence-electron chi connectivity index (χ4n) is 3.03. The second kappa shape index (κ2) is 8.92. The molecule has 1 aromatic carbocycles. The third kappa shape index (κ3) is 5.13. The van der Waals surface area contributed by atoms with Crippen molar-refractivity contribution in [3.63, 3.8) is 0 Å². The molecule has 24 heavy (non-hydrogen) atoms. The summed E-state index contributed by atoms with van der Waals surface area (Å²) in [6.45, 7) is 4.59. The van der Waals surface area contributed by atoms with Gasteiger partial charge in [0, 0.05) is 31.7 Å². The summed E-state index contributed by atoms with van der Waals surface area (Å²) in [6, 6.07) is 8.69. The lowest BCUT2D eigenvalue weighted by Gasteiger charge is -2.26. The number of hydrogen-bond acceptors (Lipinski definition) is 3. The molecule has 1 fully saturated rings. The van der Waals surface area contributed by atoms with Gasteiger partial charge in [0.2, 0.25) is 0 Å². The predicted molar refractivity (Wildman–Crippen MR) is 101 cm³/mol. The highest BCUT2D eigenvalue weighted by Crippen LogP contribution is 2.34. The lowest BCUT2D eigenvalue weighted by atomic mass is 10.1. The molecule has 0 radical (unpaired) electrons. The van der Waals surface area contributed by atoms with Crippen molar-refractivity contribution in [3.8, 4) is 5.75 Å². The number of hydrogen-bond donors (Lipinski definition) is 1. The minimum Gasteiger partial charge on any atom is -0.496 e. The number of rotatable bonds is 8. The maximum Gasteiger partial charge on any atom is 0.194 e. The summed E-state index contributed by atoms with van der Waals surface area (Å²) in [4.78, 5) is 9.37. The lowest BCUT2D eigenvalue weighted by molar-refractivity contribution is 0.270. The molecular formula is C19H32N4O. The number of ether oxygens (including phenoxy) is 1. The molecular weight excluding hydrogens is 300 g/mol. The van der Waals surface area contributed by atoms with E-state index in [-0.39, 0.29) is 0 Å². The van der Waals surface area contributed by atoms with Crippen LogP contribution < -0.4 is 10.1 Å². The van der Waals surface area contributed by atoms with Crippen molar-refractivity contribution in [3.05, 3.63) is 29.8 Å². The highest BCUT2D eigenvalue weighted by Gasteiger charge is 2.32. The number of likely N-dealkylation sites (N-methyl/N-ethyl adjacent to an activating group) is 1. The molecule has 1 aliphatic carbocycles. The van der Waals surface area contributed by atoms with E-state index in [0.29, 0.717) is 6.04 Å². The Labute approximate surface area is 146 Å². The van der Waals surface area contributed by atoms with E-state index in [1.54, 1.807) is 7.11 Å². The zero-order valence-electron chi connectivity index (χ0n) is 15.7. The Kier molecular flexibility index (Phi) is 6.91. The SMILES string of the molecule is CCNC(=NCC(C1CC1)N(C)C)N(C)Cc1ccccc1OC. The Hall–Kier alpha value is -1.75. The zero-order chi connectivity index (χ0) is 17.5. The molecule has 0 spiro atoms. The highest BCUT2D eigenvalue weighted by atomic mass is 16.5. The molecule has 0 aromatic heterocycles. The van der Waals surface area contributed by atoms with E-state index >= 15 is 0 Å². The van der Waals surface area contributed by atoms with E-state index in [0.717, 1.165) is 37.3 Å². The smallest absolute Gasteiger partial charge is 0.194 e. The molecule has 5 heteroatoms. The number of nitrogens with one attached hydrogen (secondary N) is 1. The van der Waals surface area contributed by atoms with Gasteiger partial charge in [0.05, 0.1) is 13.7 Å². The van der Waals surface area contributed by atoms with E-state index in [9.17, 15) is 0 Å². The molecule has 0 saturated heterocycles. The fraction of sp³-hybridized carbons (Fsp3) is 0.632. The Bertz CT molecular complexity index is 538. The van der Waals surface area contributed by atoms with Crippen LogP contribution in [0.5, 0.6) is 5.75 Å². The third-order valence-electron chi connectivity index (χ3n) is 4.55. The van der Waals surface area contributed by atoms with Crippen molar-refractivity contribution in [2.45, 2.75) is 32.4 Å². The van der Waals surface area contributed by atoms with E-state index in [2.05, 4.69) is 49.2 Å². The minimum absolute atomic E-state index is 0.540. The molecule has 134 valence electrons. The Balaban J connectivity index is 2.06. The maximum absolute atomic E-state index is 5.46. The molecule has 1 aliphatic rings. The van der Waals surface area contributed by atoms with E-state index in [1.165, 1.54) is 18.4 Å². The first kappa shape index (κ1) is 18.6. The average Bonchev–Trinajstić information content (AvgIpc) is 3.39. The first-order chi connectivity index (χ1) is 11.6. The molecule has 5 nitrogen and oxygen atoms in total. The van der Waals surface area contributed by atoms with Crippen molar-refractivity contribution in [1.82, 2.24) is 15.1 Å². The van der Waals surface area contributed by atoms with Gasteiger partial charge in [-0.3, -0.25) is 4.99 Å². The summed E-state index contributed by atoms with van der Waals surface area (Å²) < 4.78 is 5.46. The molecule has 0 amide bonds. The van der Waals surface area contributed by atoms with Crippen LogP contribution in [-0.2, 0) is 6.54 Å². The summed E-state index contributed by atoms with van der Waals surface area (Å²) in [7, 11) is 8.11. The zero-order valence-corrected chi connectivity index (χ0v) is 15.7.